The Morgan fingerprint density at radius 2 is 1.90 bits per heavy atom. The van der Waals surface area contributed by atoms with E-state index in [9.17, 15) is 9.59 Å². The van der Waals surface area contributed by atoms with E-state index in [1.165, 1.54) is 0 Å². The number of H-pyrrole nitrogens is 1. The van der Waals surface area contributed by atoms with Gasteiger partial charge in [0.1, 0.15) is 11.8 Å². The standard InChI is InChI=1S/C22H23N5O3/c1-30-17-12-6-5-11-16(17)20-23-22(26-25-20)24-21(29)19(15-9-3-2-4-10-15)27-14-8-7-13-18(27)28/h2-6,9-12,19H,7-8,13-14H2,1H3,(H2,23,24,25,26,29). The Balaban J connectivity index is 1.59. The molecule has 0 spiro atoms. The molecule has 154 valence electrons. The number of hydrogen-bond donors (Lipinski definition) is 2. The first-order chi connectivity index (χ1) is 14.7. The summed E-state index contributed by atoms with van der Waals surface area (Å²) in [5.41, 5.74) is 1.49. The van der Waals surface area contributed by atoms with Crippen LogP contribution in [0.15, 0.2) is 54.6 Å². The first-order valence-electron chi connectivity index (χ1n) is 9.88. The van der Waals surface area contributed by atoms with Gasteiger partial charge in [0.05, 0.1) is 12.7 Å². The van der Waals surface area contributed by atoms with Crippen molar-refractivity contribution in [3.8, 4) is 17.1 Å². The number of piperidine rings is 1. The molecular formula is C22H23N5O3. The van der Waals surface area contributed by atoms with Crippen LogP contribution in [0.1, 0.15) is 30.9 Å². The molecule has 1 fully saturated rings. The van der Waals surface area contributed by atoms with Gasteiger partial charge >= 0.3 is 0 Å². The average Bonchev–Trinajstić information content (AvgIpc) is 3.24. The molecule has 1 saturated heterocycles. The molecule has 4 rings (SSSR count). The van der Waals surface area contributed by atoms with Gasteiger partial charge in [0.2, 0.25) is 11.9 Å². The molecule has 0 aliphatic carbocycles. The zero-order chi connectivity index (χ0) is 20.9. The molecule has 2 heterocycles. The van der Waals surface area contributed by atoms with Crippen LogP contribution in [0.2, 0.25) is 0 Å². The van der Waals surface area contributed by atoms with Crippen LogP contribution in [0.3, 0.4) is 0 Å². The number of benzene rings is 2. The maximum absolute atomic E-state index is 13.2. The monoisotopic (exact) mass is 405 g/mol. The number of nitrogens with one attached hydrogen (secondary N) is 2. The fourth-order valence-electron chi connectivity index (χ4n) is 3.66. The largest absolute Gasteiger partial charge is 0.496 e. The van der Waals surface area contributed by atoms with E-state index in [2.05, 4.69) is 20.5 Å². The van der Waals surface area contributed by atoms with Gasteiger partial charge in [0.25, 0.3) is 5.91 Å². The highest BCUT2D eigenvalue weighted by atomic mass is 16.5. The minimum absolute atomic E-state index is 0.0186. The lowest BCUT2D eigenvalue weighted by molar-refractivity contribution is -0.141. The quantitative estimate of drug-likeness (QED) is 0.656. The van der Waals surface area contributed by atoms with E-state index < -0.39 is 6.04 Å². The van der Waals surface area contributed by atoms with Crippen LogP contribution in [0.4, 0.5) is 5.95 Å². The number of nitrogens with zero attached hydrogens (tertiary/aromatic N) is 3. The van der Waals surface area contributed by atoms with Crippen molar-refractivity contribution in [2.24, 2.45) is 0 Å². The molecule has 30 heavy (non-hydrogen) atoms. The molecule has 0 saturated carbocycles. The molecule has 2 amide bonds. The van der Waals surface area contributed by atoms with Crippen LogP contribution in [0.25, 0.3) is 11.4 Å². The van der Waals surface area contributed by atoms with Gasteiger partial charge in [-0.25, -0.2) is 0 Å². The van der Waals surface area contributed by atoms with Gasteiger partial charge in [0, 0.05) is 13.0 Å². The number of para-hydroxylation sites is 1. The van der Waals surface area contributed by atoms with Crippen LogP contribution in [-0.4, -0.2) is 45.6 Å². The smallest absolute Gasteiger partial charge is 0.254 e. The maximum Gasteiger partial charge on any atom is 0.254 e. The lowest BCUT2D eigenvalue weighted by atomic mass is 10.0. The zero-order valence-electron chi connectivity index (χ0n) is 16.7. The van der Waals surface area contributed by atoms with Gasteiger partial charge in [-0.2, -0.15) is 4.98 Å². The normalized spacial score (nSPS) is 15.0. The Morgan fingerprint density at radius 3 is 2.67 bits per heavy atom. The molecule has 1 aliphatic rings. The van der Waals surface area contributed by atoms with Crippen LogP contribution >= 0.6 is 0 Å². The van der Waals surface area contributed by atoms with Crippen LogP contribution in [0.5, 0.6) is 5.75 Å². The second kappa shape index (κ2) is 8.77. The number of aromatic nitrogens is 3. The zero-order valence-corrected chi connectivity index (χ0v) is 16.7. The number of carbonyl (C=O) groups excluding carboxylic acids is 2. The fourth-order valence-corrected chi connectivity index (χ4v) is 3.66. The van der Waals surface area contributed by atoms with Crippen molar-refractivity contribution in [3.05, 3.63) is 60.2 Å². The molecular weight excluding hydrogens is 382 g/mol. The van der Waals surface area contributed by atoms with Crippen LogP contribution in [-0.2, 0) is 9.59 Å². The molecule has 0 bridgehead atoms. The Labute approximate surface area is 174 Å². The van der Waals surface area contributed by atoms with E-state index in [1.54, 1.807) is 12.0 Å². The number of aromatic amines is 1. The van der Waals surface area contributed by atoms with Crippen molar-refractivity contribution in [2.45, 2.75) is 25.3 Å². The lowest BCUT2D eigenvalue weighted by Crippen LogP contribution is -2.43. The summed E-state index contributed by atoms with van der Waals surface area (Å²) in [6, 6.07) is 16.0. The highest BCUT2D eigenvalue weighted by Crippen LogP contribution is 2.29. The highest BCUT2D eigenvalue weighted by molar-refractivity contribution is 5.97. The van der Waals surface area contributed by atoms with Gasteiger partial charge in [-0.1, -0.05) is 42.5 Å². The summed E-state index contributed by atoms with van der Waals surface area (Å²) >= 11 is 0. The first-order valence-corrected chi connectivity index (χ1v) is 9.88. The summed E-state index contributed by atoms with van der Waals surface area (Å²) in [6.07, 6.45) is 2.18. The molecule has 0 radical (unpaired) electrons. The molecule has 1 unspecified atom stereocenters. The summed E-state index contributed by atoms with van der Waals surface area (Å²) in [7, 11) is 1.58. The minimum Gasteiger partial charge on any atom is -0.496 e. The predicted octanol–water partition coefficient (Wildman–Crippen LogP) is 3.17. The third-order valence-electron chi connectivity index (χ3n) is 5.12. The van der Waals surface area contributed by atoms with Gasteiger partial charge in [-0.15, -0.1) is 5.10 Å². The van der Waals surface area contributed by atoms with Crippen molar-refractivity contribution >= 4 is 17.8 Å². The average molecular weight is 405 g/mol. The lowest BCUT2D eigenvalue weighted by Gasteiger charge is -2.33. The van der Waals surface area contributed by atoms with E-state index >= 15 is 0 Å². The number of amides is 2. The third kappa shape index (κ3) is 4.03. The minimum atomic E-state index is -0.729. The number of hydrogen-bond acceptors (Lipinski definition) is 5. The summed E-state index contributed by atoms with van der Waals surface area (Å²) in [5.74, 6) is 0.906. The molecule has 1 atom stereocenters. The Kier molecular flexibility index (Phi) is 5.74. The second-order valence-corrected chi connectivity index (χ2v) is 7.05. The number of anilines is 1. The Morgan fingerprint density at radius 1 is 1.13 bits per heavy atom. The molecule has 2 N–H and O–H groups in total. The van der Waals surface area contributed by atoms with Crippen molar-refractivity contribution in [3.63, 3.8) is 0 Å². The highest BCUT2D eigenvalue weighted by Gasteiger charge is 2.33. The van der Waals surface area contributed by atoms with Crippen molar-refractivity contribution < 1.29 is 14.3 Å². The Bertz CT molecular complexity index is 1030. The molecule has 2 aromatic carbocycles. The number of likely N-dealkylation sites (tertiary alicyclic amines) is 1. The summed E-state index contributed by atoms with van der Waals surface area (Å²) in [5, 5.41) is 9.71. The molecule has 8 heteroatoms. The summed E-state index contributed by atoms with van der Waals surface area (Å²) in [6.45, 7) is 0.548. The molecule has 1 aliphatic heterocycles. The van der Waals surface area contributed by atoms with Gasteiger partial charge in [-0.05, 0) is 30.5 Å². The van der Waals surface area contributed by atoms with Gasteiger partial charge in [-0.3, -0.25) is 20.0 Å². The SMILES string of the molecule is COc1ccccc1-c1nc(NC(=O)C(c2ccccc2)N2CCCCC2=O)n[nH]1. The van der Waals surface area contributed by atoms with Gasteiger partial charge in [0.15, 0.2) is 5.82 Å². The maximum atomic E-state index is 13.2. The molecule has 3 aromatic rings. The molecule has 8 nitrogen and oxygen atoms in total. The fraction of sp³-hybridized carbons (Fsp3) is 0.273. The van der Waals surface area contributed by atoms with Crippen LogP contribution < -0.4 is 10.1 Å². The van der Waals surface area contributed by atoms with E-state index in [0.717, 1.165) is 24.0 Å². The topological polar surface area (TPSA) is 100 Å². The van der Waals surface area contributed by atoms with E-state index in [4.69, 9.17) is 4.74 Å². The summed E-state index contributed by atoms with van der Waals surface area (Å²) in [4.78, 5) is 31.8. The van der Waals surface area contributed by atoms with Crippen molar-refractivity contribution in [2.75, 3.05) is 19.0 Å². The van der Waals surface area contributed by atoms with E-state index in [0.29, 0.717) is 24.5 Å². The molecule has 1 aromatic heterocycles. The van der Waals surface area contributed by atoms with Crippen molar-refractivity contribution in [1.29, 1.82) is 0 Å². The number of carbonyl (C=O) groups is 2. The summed E-state index contributed by atoms with van der Waals surface area (Å²) < 4.78 is 5.36. The van der Waals surface area contributed by atoms with Gasteiger partial charge < -0.3 is 9.64 Å². The predicted molar refractivity (Wildman–Crippen MR) is 112 cm³/mol. The van der Waals surface area contributed by atoms with Crippen molar-refractivity contribution in [1.82, 2.24) is 20.1 Å². The van der Waals surface area contributed by atoms with Crippen LogP contribution in [0, 0.1) is 0 Å². The number of rotatable bonds is 6. The Hall–Kier alpha value is -3.68. The number of methoxy groups -OCH3 is 1. The van der Waals surface area contributed by atoms with E-state index in [-0.39, 0.29) is 17.8 Å². The number of ether oxygens (including phenoxy) is 1. The van der Waals surface area contributed by atoms with E-state index in [1.807, 2.05) is 54.6 Å². The second-order valence-electron chi connectivity index (χ2n) is 7.05. The third-order valence-corrected chi connectivity index (χ3v) is 5.12. The first kappa shape index (κ1) is 19.6.